The van der Waals surface area contributed by atoms with Crippen molar-refractivity contribution in [1.82, 2.24) is 9.97 Å². The van der Waals surface area contributed by atoms with Gasteiger partial charge in [0.15, 0.2) is 0 Å². The number of methoxy groups -OCH3 is 1. The maximum absolute atomic E-state index is 5.23. The van der Waals surface area contributed by atoms with Gasteiger partial charge in [-0.25, -0.2) is 4.98 Å². The quantitative estimate of drug-likeness (QED) is 0.895. The summed E-state index contributed by atoms with van der Waals surface area (Å²) in [5.74, 6) is 0. The number of nitrogens with zero attached hydrogens (tertiary/aromatic N) is 1. The smallest absolute Gasteiger partial charge is 0.137 e. The number of halogens is 1. The number of fused-ring (bicyclic) bond motifs is 1. The number of hydrogen-bond acceptors (Lipinski definition) is 2. The molecule has 0 amide bonds. The molecule has 0 fully saturated rings. The number of aromatic amines is 1. The molecule has 0 aliphatic rings. The van der Waals surface area contributed by atoms with E-state index in [2.05, 4.69) is 32.0 Å². The first-order valence-corrected chi connectivity index (χ1v) is 5.17. The number of ether oxygens (including phenoxy) is 1. The standard InChI is InChI=1S/C10H11BrN2O/c1-6(14-2)9-4-7-3-8(11)5-12-10(7)13-9/h3-6H,1-2H3,(H,12,13). The van der Waals surface area contributed by atoms with Crippen molar-refractivity contribution in [1.29, 1.82) is 0 Å². The van der Waals surface area contributed by atoms with Crippen LogP contribution in [-0.4, -0.2) is 17.1 Å². The molecule has 0 spiro atoms. The molecule has 0 bridgehead atoms. The van der Waals surface area contributed by atoms with Gasteiger partial charge in [0.2, 0.25) is 0 Å². The molecule has 14 heavy (non-hydrogen) atoms. The Hall–Kier alpha value is -0.870. The van der Waals surface area contributed by atoms with Crippen LogP contribution in [-0.2, 0) is 4.74 Å². The van der Waals surface area contributed by atoms with E-state index in [9.17, 15) is 0 Å². The van der Waals surface area contributed by atoms with Crippen molar-refractivity contribution in [3.63, 3.8) is 0 Å². The number of aromatic nitrogens is 2. The van der Waals surface area contributed by atoms with Gasteiger partial charge in [-0.15, -0.1) is 0 Å². The van der Waals surface area contributed by atoms with Crippen molar-refractivity contribution in [3.05, 3.63) is 28.5 Å². The van der Waals surface area contributed by atoms with E-state index < -0.39 is 0 Å². The highest BCUT2D eigenvalue weighted by molar-refractivity contribution is 9.10. The van der Waals surface area contributed by atoms with Crippen LogP contribution >= 0.6 is 15.9 Å². The van der Waals surface area contributed by atoms with Crippen LogP contribution in [0.15, 0.2) is 22.8 Å². The maximum atomic E-state index is 5.23. The maximum Gasteiger partial charge on any atom is 0.137 e. The third-order valence-electron chi connectivity index (χ3n) is 2.25. The molecule has 1 atom stereocenters. The van der Waals surface area contributed by atoms with Crippen molar-refractivity contribution in [2.24, 2.45) is 0 Å². The van der Waals surface area contributed by atoms with Crippen LogP contribution in [0.2, 0.25) is 0 Å². The number of hydrogen-bond donors (Lipinski definition) is 1. The van der Waals surface area contributed by atoms with Gasteiger partial charge in [-0.3, -0.25) is 0 Å². The van der Waals surface area contributed by atoms with Crippen LogP contribution in [0.25, 0.3) is 11.0 Å². The summed E-state index contributed by atoms with van der Waals surface area (Å²) in [6.07, 6.45) is 1.85. The Morgan fingerprint density at radius 1 is 1.50 bits per heavy atom. The second-order valence-corrected chi connectivity index (χ2v) is 4.11. The van der Waals surface area contributed by atoms with E-state index >= 15 is 0 Å². The molecule has 2 rings (SSSR count). The van der Waals surface area contributed by atoms with Crippen LogP contribution in [0.4, 0.5) is 0 Å². The minimum Gasteiger partial charge on any atom is -0.376 e. The highest BCUT2D eigenvalue weighted by atomic mass is 79.9. The molecular weight excluding hydrogens is 244 g/mol. The Kier molecular flexibility index (Phi) is 2.56. The molecule has 0 aliphatic heterocycles. The summed E-state index contributed by atoms with van der Waals surface area (Å²) < 4.78 is 6.21. The Bertz CT molecular complexity index is 452. The van der Waals surface area contributed by atoms with Crippen molar-refractivity contribution in [2.45, 2.75) is 13.0 Å². The lowest BCUT2D eigenvalue weighted by Gasteiger charge is -2.04. The van der Waals surface area contributed by atoms with Crippen LogP contribution in [0, 0.1) is 0 Å². The fourth-order valence-corrected chi connectivity index (χ4v) is 1.70. The predicted molar refractivity (Wildman–Crippen MR) is 59.2 cm³/mol. The second kappa shape index (κ2) is 3.71. The molecule has 4 heteroatoms. The molecule has 0 aromatic carbocycles. The van der Waals surface area contributed by atoms with Crippen molar-refractivity contribution >= 4 is 27.0 Å². The minimum absolute atomic E-state index is 0.0722. The van der Waals surface area contributed by atoms with E-state index in [0.29, 0.717) is 0 Å². The Balaban J connectivity index is 2.51. The molecule has 0 saturated heterocycles. The third-order valence-corrected chi connectivity index (χ3v) is 2.68. The van der Waals surface area contributed by atoms with Gasteiger partial charge in [0.05, 0.1) is 6.10 Å². The molecule has 0 aliphatic carbocycles. The summed E-state index contributed by atoms with van der Waals surface area (Å²) in [6, 6.07) is 4.09. The van der Waals surface area contributed by atoms with Crippen LogP contribution in [0.3, 0.4) is 0 Å². The first-order valence-electron chi connectivity index (χ1n) is 4.37. The van der Waals surface area contributed by atoms with Crippen LogP contribution in [0.1, 0.15) is 18.7 Å². The summed E-state index contributed by atoms with van der Waals surface area (Å²) in [6.45, 7) is 2.00. The lowest BCUT2D eigenvalue weighted by molar-refractivity contribution is 0.116. The highest BCUT2D eigenvalue weighted by Gasteiger charge is 2.08. The molecule has 3 nitrogen and oxygen atoms in total. The van der Waals surface area contributed by atoms with Crippen molar-refractivity contribution < 1.29 is 4.74 Å². The lowest BCUT2D eigenvalue weighted by Crippen LogP contribution is -1.94. The fourth-order valence-electron chi connectivity index (χ4n) is 1.36. The number of rotatable bonds is 2. The van der Waals surface area contributed by atoms with E-state index in [1.165, 1.54) is 0 Å². The SMILES string of the molecule is COC(C)c1cc2cc(Br)cnc2[nH]1. The van der Waals surface area contributed by atoms with E-state index in [0.717, 1.165) is 21.2 Å². The van der Waals surface area contributed by atoms with Gasteiger partial charge in [0, 0.05) is 28.9 Å². The predicted octanol–water partition coefficient (Wildman–Crippen LogP) is 3.03. The monoisotopic (exact) mass is 254 g/mol. The van der Waals surface area contributed by atoms with Gasteiger partial charge in [-0.05, 0) is 35.0 Å². The van der Waals surface area contributed by atoms with E-state index in [1.807, 2.05) is 13.0 Å². The van der Waals surface area contributed by atoms with Crippen molar-refractivity contribution in [3.8, 4) is 0 Å². The zero-order chi connectivity index (χ0) is 10.1. The average molecular weight is 255 g/mol. The van der Waals surface area contributed by atoms with Gasteiger partial charge in [0.1, 0.15) is 5.65 Å². The van der Waals surface area contributed by atoms with E-state index in [1.54, 1.807) is 13.3 Å². The zero-order valence-corrected chi connectivity index (χ0v) is 9.63. The van der Waals surface area contributed by atoms with Crippen LogP contribution in [0.5, 0.6) is 0 Å². The molecule has 0 radical (unpaired) electrons. The molecule has 2 heterocycles. The molecular formula is C10H11BrN2O. The number of H-pyrrole nitrogens is 1. The summed E-state index contributed by atoms with van der Waals surface area (Å²) in [7, 11) is 1.69. The normalized spacial score (nSPS) is 13.4. The van der Waals surface area contributed by atoms with E-state index in [-0.39, 0.29) is 6.10 Å². The van der Waals surface area contributed by atoms with Gasteiger partial charge < -0.3 is 9.72 Å². The summed E-state index contributed by atoms with van der Waals surface area (Å²) in [4.78, 5) is 7.48. The fraction of sp³-hybridized carbons (Fsp3) is 0.300. The summed E-state index contributed by atoms with van der Waals surface area (Å²) in [5.41, 5.74) is 1.94. The summed E-state index contributed by atoms with van der Waals surface area (Å²) in [5, 5.41) is 1.10. The van der Waals surface area contributed by atoms with Gasteiger partial charge >= 0.3 is 0 Å². The molecule has 2 aromatic heterocycles. The minimum atomic E-state index is 0.0722. The third kappa shape index (κ3) is 1.67. The first kappa shape index (κ1) is 9.68. The zero-order valence-electron chi connectivity index (χ0n) is 8.04. The number of pyridine rings is 1. The Morgan fingerprint density at radius 3 is 3.00 bits per heavy atom. The molecule has 1 unspecified atom stereocenters. The van der Waals surface area contributed by atoms with Crippen LogP contribution < -0.4 is 0 Å². The van der Waals surface area contributed by atoms with Gasteiger partial charge in [0.25, 0.3) is 0 Å². The molecule has 74 valence electrons. The molecule has 2 aromatic rings. The Labute approximate surface area is 90.6 Å². The molecule has 0 saturated carbocycles. The first-order chi connectivity index (χ1) is 6.70. The Morgan fingerprint density at radius 2 is 2.29 bits per heavy atom. The lowest BCUT2D eigenvalue weighted by atomic mass is 10.2. The van der Waals surface area contributed by atoms with E-state index in [4.69, 9.17) is 4.74 Å². The molecule has 1 N–H and O–H groups in total. The van der Waals surface area contributed by atoms with Gasteiger partial charge in [-0.2, -0.15) is 0 Å². The largest absolute Gasteiger partial charge is 0.376 e. The van der Waals surface area contributed by atoms with Gasteiger partial charge in [-0.1, -0.05) is 0 Å². The topological polar surface area (TPSA) is 37.9 Å². The second-order valence-electron chi connectivity index (χ2n) is 3.19. The highest BCUT2D eigenvalue weighted by Crippen LogP contribution is 2.22. The summed E-state index contributed by atoms with van der Waals surface area (Å²) >= 11 is 3.39. The number of nitrogens with one attached hydrogen (secondary N) is 1. The van der Waals surface area contributed by atoms with Crippen molar-refractivity contribution in [2.75, 3.05) is 7.11 Å². The average Bonchev–Trinajstić information content (AvgIpc) is 2.59.